The second kappa shape index (κ2) is 9.38. The summed E-state index contributed by atoms with van der Waals surface area (Å²) in [5, 5.41) is 4.26. The zero-order valence-corrected chi connectivity index (χ0v) is 19.3. The highest BCUT2D eigenvalue weighted by atomic mass is 35.5. The molecule has 1 aliphatic rings. The van der Waals surface area contributed by atoms with Crippen molar-refractivity contribution in [3.8, 4) is 0 Å². The van der Waals surface area contributed by atoms with E-state index in [1.165, 1.54) is 28.9 Å². The van der Waals surface area contributed by atoms with Gasteiger partial charge >= 0.3 is 0 Å². The molecule has 0 spiro atoms. The van der Waals surface area contributed by atoms with E-state index in [4.69, 9.17) is 11.6 Å². The quantitative estimate of drug-likeness (QED) is 0.553. The van der Waals surface area contributed by atoms with Crippen LogP contribution in [-0.4, -0.2) is 60.0 Å². The van der Waals surface area contributed by atoms with Gasteiger partial charge in [0.2, 0.25) is 0 Å². The Morgan fingerprint density at radius 2 is 2.03 bits per heavy atom. The van der Waals surface area contributed by atoms with Gasteiger partial charge in [0, 0.05) is 43.4 Å². The van der Waals surface area contributed by atoms with Crippen LogP contribution in [0.3, 0.4) is 0 Å². The van der Waals surface area contributed by atoms with Crippen molar-refractivity contribution in [2.45, 2.75) is 20.3 Å². The lowest BCUT2D eigenvalue weighted by Gasteiger charge is -2.37. The van der Waals surface area contributed by atoms with Crippen molar-refractivity contribution in [3.63, 3.8) is 0 Å². The molecule has 1 amide bonds. The van der Waals surface area contributed by atoms with E-state index in [1.54, 1.807) is 6.92 Å². The van der Waals surface area contributed by atoms with Gasteiger partial charge in [0.15, 0.2) is 0 Å². The molecule has 0 radical (unpaired) electrons. The van der Waals surface area contributed by atoms with Crippen LogP contribution >= 0.6 is 22.9 Å². The van der Waals surface area contributed by atoms with Gasteiger partial charge < -0.3 is 15.2 Å². The number of hydrogen-bond acceptors (Lipinski definition) is 6. The minimum atomic E-state index is -0.204. The molecule has 4 rings (SSSR count). The van der Waals surface area contributed by atoms with Crippen molar-refractivity contribution in [3.05, 3.63) is 55.9 Å². The molecule has 31 heavy (non-hydrogen) atoms. The number of fused-ring (bicyclic) bond motifs is 1. The summed E-state index contributed by atoms with van der Waals surface area (Å²) in [6.45, 7) is 9.37. The summed E-state index contributed by atoms with van der Waals surface area (Å²) in [6, 6.07) is 6.04. The van der Waals surface area contributed by atoms with Crippen LogP contribution in [0, 0.1) is 13.8 Å². The molecule has 7 nitrogen and oxygen atoms in total. The van der Waals surface area contributed by atoms with Gasteiger partial charge in [-0.05, 0) is 50.1 Å². The van der Waals surface area contributed by atoms with Gasteiger partial charge in [-0.3, -0.25) is 14.5 Å². The van der Waals surface area contributed by atoms with Crippen LogP contribution in [0.15, 0.2) is 29.3 Å². The van der Waals surface area contributed by atoms with E-state index in [-0.39, 0.29) is 11.5 Å². The SMILES string of the molecule is Cc1ccc(Cl)cc1N1CCN(CCCNC(=O)c2sc3nc[nH]c(=O)c3c2C)CC1. The number of nitrogens with one attached hydrogen (secondary N) is 2. The lowest BCUT2D eigenvalue weighted by Crippen LogP contribution is -2.47. The van der Waals surface area contributed by atoms with Gasteiger partial charge in [-0.2, -0.15) is 0 Å². The molecule has 0 unspecified atom stereocenters. The minimum Gasteiger partial charge on any atom is -0.369 e. The number of H-pyrrole nitrogens is 1. The number of piperazine rings is 1. The lowest BCUT2D eigenvalue weighted by molar-refractivity contribution is 0.0955. The van der Waals surface area contributed by atoms with E-state index in [1.807, 2.05) is 12.1 Å². The van der Waals surface area contributed by atoms with Crippen LogP contribution in [0.2, 0.25) is 5.02 Å². The first kappa shape index (κ1) is 21.8. The number of carbonyl (C=O) groups excluding carboxylic acids is 1. The van der Waals surface area contributed by atoms with Gasteiger partial charge in [-0.25, -0.2) is 4.98 Å². The maximum absolute atomic E-state index is 12.6. The molecule has 164 valence electrons. The number of anilines is 1. The van der Waals surface area contributed by atoms with E-state index < -0.39 is 0 Å². The second-order valence-electron chi connectivity index (χ2n) is 7.84. The summed E-state index contributed by atoms with van der Waals surface area (Å²) in [4.78, 5) is 37.3. The Kier molecular flexibility index (Phi) is 6.60. The summed E-state index contributed by atoms with van der Waals surface area (Å²) in [5.74, 6) is -0.138. The molecule has 3 heterocycles. The molecule has 1 saturated heterocycles. The molecule has 9 heteroatoms. The van der Waals surface area contributed by atoms with Crippen LogP contribution in [0.5, 0.6) is 0 Å². The van der Waals surface area contributed by atoms with E-state index in [0.717, 1.165) is 44.2 Å². The summed E-state index contributed by atoms with van der Waals surface area (Å²) >= 11 is 7.43. The standard InChI is InChI=1S/C22H26ClN5O2S/c1-14-4-5-16(23)12-17(14)28-10-8-27(9-11-28)7-3-6-24-21(30)19-15(2)18-20(29)25-13-26-22(18)31-19/h4-5,12-13H,3,6-11H2,1-2H3,(H,24,30)(H,25,26,29). The van der Waals surface area contributed by atoms with Crippen molar-refractivity contribution >= 4 is 44.7 Å². The minimum absolute atomic E-state index is 0.138. The molecular weight excluding hydrogens is 434 g/mol. The number of aryl methyl sites for hydroxylation is 2. The fourth-order valence-corrected chi connectivity index (χ4v) is 5.25. The lowest BCUT2D eigenvalue weighted by atomic mass is 10.1. The van der Waals surface area contributed by atoms with Crippen molar-refractivity contribution in [1.82, 2.24) is 20.2 Å². The zero-order chi connectivity index (χ0) is 22.0. The summed E-state index contributed by atoms with van der Waals surface area (Å²) in [5.41, 5.74) is 2.95. The van der Waals surface area contributed by atoms with Gasteiger partial charge in [0.05, 0.1) is 16.6 Å². The highest BCUT2D eigenvalue weighted by molar-refractivity contribution is 7.20. The van der Waals surface area contributed by atoms with Gasteiger partial charge in [0.1, 0.15) is 4.83 Å². The first-order valence-electron chi connectivity index (χ1n) is 10.4. The number of amides is 1. The molecule has 0 aliphatic carbocycles. The fourth-order valence-electron chi connectivity index (χ4n) is 4.02. The fraction of sp³-hybridized carbons (Fsp3) is 0.409. The molecule has 1 fully saturated rings. The third-order valence-electron chi connectivity index (χ3n) is 5.76. The predicted molar refractivity (Wildman–Crippen MR) is 127 cm³/mol. The third-order valence-corrected chi connectivity index (χ3v) is 7.19. The molecule has 1 aromatic carbocycles. The van der Waals surface area contributed by atoms with Crippen molar-refractivity contribution < 1.29 is 4.79 Å². The normalized spacial score (nSPS) is 14.9. The molecule has 0 saturated carbocycles. The number of nitrogens with zero attached hydrogens (tertiary/aromatic N) is 3. The average Bonchev–Trinajstić information content (AvgIpc) is 3.11. The highest BCUT2D eigenvalue weighted by Crippen LogP contribution is 2.27. The Hall–Kier alpha value is -2.42. The first-order valence-corrected chi connectivity index (χ1v) is 11.6. The van der Waals surface area contributed by atoms with Gasteiger partial charge in [0.25, 0.3) is 11.5 Å². The number of hydrogen-bond donors (Lipinski definition) is 2. The molecule has 3 aromatic rings. The van der Waals surface area contributed by atoms with Gasteiger partial charge in [-0.15, -0.1) is 11.3 Å². The number of thiophene rings is 1. The number of benzene rings is 1. The Bertz CT molecular complexity index is 1150. The van der Waals surface area contributed by atoms with E-state index in [9.17, 15) is 9.59 Å². The smallest absolute Gasteiger partial charge is 0.261 e. The number of aromatic amines is 1. The predicted octanol–water partition coefficient (Wildman–Crippen LogP) is 3.20. The molecule has 0 bridgehead atoms. The van der Waals surface area contributed by atoms with Crippen LogP contribution in [0.4, 0.5) is 5.69 Å². The van der Waals surface area contributed by atoms with Crippen molar-refractivity contribution in [1.29, 1.82) is 0 Å². The van der Waals surface area contributed by atoms with Crippen LogP contribution in [-0.2, 0) is 0 Å². The van der Waals surface area contributed by atoms with Crippen molar-refractivity contribution in [2.75, 3.05) is 44.2 Å². The van der Waals surface area contributed by atoms with E-state index in [0.29, 0.717) is 27.2 Å². The molecule has 1 aliphatic heterocycles. The third kappa shape index (κ3) is 4.76. The molecular formula is C22H26ClN5O2S. The summed E-state index contributed by atoms with van der Waals surface area (Å²) in [6.07, 6.45) is 2.25. The number of aromatic nitrogens is 2. The van der Waals surface area contributed by atoms with Crippen molar-refractivity contribution in [2.24, 2.45) is 0 Å². The second-order valence-corrected chi connectivity index (χ2v) is 9.27. The number of halogens is 1. The largest absolute Gasteiger partial charge is 0.369 e. The zero-order valence-electron chi connectivity index (χ0n) is 17.7. The monoisotopic (exact) mass is 459 g/mol. The Morgan fingerprint density at radius 3 is 2.77 bits per heavy atom. The number of carbonyl (C=O) groups is 1. The van der Waals surface area contributed by atoms with E-state index in [2.05, 4.69) is 38.1 Å². The van der Waals surface area contributed by atoms with E-state index >= 15 is 0 Å². The summed E-state index contributed by atoms with van der Waals surface area (Å²) in [7, 11) is 0. The summed E-state index contributed by atoms with van der Waals surface area (Å²) < 4.78 is 0. The molecule has 0 atom stereocenters. The Morgan fingerprint density at radius 1 is 1.26 bits per heavy atom. The molecule has 2 aromatic heterocycles. The average molecular weight is 460 g/mol. The Labute approximate surface area is 190 Å². The topological polar surface area (TPSA) is 81.3 Å². The van der Waals surface area contributed by atoms with Gasteiger partial charge in [-0.1, -0.05) is 17.7 Å². The highest BCUT2D eigenvalue weighted by Gasteiger charge is 2.20. The first-order chi connectivity index (χ1) is 14.9. The van der Waals surface area contributed by atoms with Crippen LogP contribution < -0.4 is 15.8 Å². The van der Waals surface area contributed by atoms with Crippen LogP contribution in [0.1, 0.15) is 27.2 Å². The van der Waals surface area contributed by atoms with Crippen LogP contribution in [0.25, 0.3) is 10.2 Å². The maximum Gasteiger partial charge on any atom is 0.261 e. The maximum atomic E-state index is 12.6. The molecule has 2 N–H and O–H groups in total. The number of rotatable bonds is 6. The Balaban J connectivity index is 1.24.